The number of hydrogen-bond donors (Lipinski definition) is 1. The van der Waals surface area contributed by atoms with Gasteiger partial charge in [0.2, 0.25) is 0 Å². The van der Waals surface area contributed by atoms with Crippen molar-refractivity contribution in [1.29, 1.82) is 0 Å². The molecule has 2 aliphatic rings. The molecule has 2 rings (SSSR count). The van der Waals surface area contributed by atoms with Gasteiger partial charge in [-0.15, -0.1) is 0 Å². The van der Waals surface area contributed by atoms with Crippen molar-refractivity contribution in [1.82, 2.24) is 10.2 Å². The van der Waals surface area contributed by atoms with Gasteiger partial charge in [-0.1, -0.05) is 19.3 Å². The molecule has 0 amide bonds. The maximum atomic E-state index is 3.52. The van der Waals surface area contributed by atoms with Gasteiger partial charge in [0.25, 0.3) is 0 Å². The van der Waals surface area contributed by atoms with E-state index in [0.717, 1.165) is 6.04 Å². The van der Waals surface area contributed by atoms with Gasteiger partial charge in [-0.3, -0.25) is 4.90 Å². The lowest BCUT2D eigenvalue weighted by atomic mass is 9.81. The number of likely N-dealkylation sites (tertiary alicyclic amines) is 1. The van der Waals surface area contributed by atoms with Crippen LogP contribution in [0, 0.1) is 0 Å². The number of likely N-dealkylation sites (N-methyl/N-ethyl adjacent to an activating group) is 1. The van der Waals surface area contributed by atoms with Gasteiger partial charge in [0.05, 0.1) is 0 Å². The Hall–Kier alpha value is -0.0800. The van der Waals surface area contributed by atoms with E-state index in [-0.39, 0.29) is 0 Å². The second kappa shape index (κ2) is 5.05. The summed E-state index contributed by atoms with van der Waals surface area (Å²) in [7, 11) is 2.12. The molecule has 0 aromatic carbocycles. The molecule has 1 aliphatic heterocycles. The van der Waals surface area contributed by atoms with E-state index in [9.17, 15) is 0 Å². The highest BCUT2D eigenvalue weighted by molar-refractivity contribution is 4.99. The summed E-state index contributed by atoms with van der Waals surface area (Å²) in [5.74, 6) is 0. The first-order valence-electron chi connectivity index (χ1n) is 7.10. The largest absolute Gasteiger partial charge is 0.315 e. The lowest BCUT2D eigenvalue weighted by Crippen LogP contribution is -2.63. The molecule has 16 heavy (non-hydrogen) atoms. The summed E-state index contributed by atoms with van der Waals surface area (Å²) in [5.41, 5.74) is 0.342. The number of hydrogen-bond acceptors (Lipinski definition) is 2. The van der Waals surface area contributed by atoms with Crippen LogP contribution >= 0.6 is 0 Å². The van der Waals surface area contributed by atoms with E-state index in [1.165, 1.54) is 51.5 Å². The first-order valence-corrected chi connectivity index (χ1v) is 7.10. The first kappa shape index (κ1) is 12.4. The second-order valence-electron chi connectivity index (χ2n) is 6.12. The fourth-order valence-electron chi connectivity index (χ4n) is 3.85. The summed E-state index contributed by atoms with van der Waals surface area (Å²) in [6.45, 7) is 6.18. The van der Waals surface area contributed by atoms with E-state index < -0.39 is 0 Å². The highest BCUT2D eigenvalue weighted by atomic mass is 15.3. The third-order valence-corrected chi connectivity index (χ3v) is 4.85. The normalized spacial score (nSPS) is 32.8. The van der Waals surface area contributed by atoms with Crippen molar-refractivity contribution < 1.29 is 0 Å². The Kier molecular flexibility index (Phi) is 3.91. The minimum Gasteiger partial charge on any atom is -0.315 e. The van der Waals surface area contributed by atoms with Gasteiger partial charge < -0.3 is 5.32 Å². The second-order valence-corrected chi connectivity index (χ2v) is 6.12. The van der Waals surface area contributed by atoms with Gasteiger partial charge >= 0.3 is 0 Å². The van der Waals surface area contributed by atoms with Crippen LogP contribution in [-0.4, -0.2) is 36.1 Å². The molecular formula is C14H28N2. The van der Waals surface area contributed by atoms with Crippen LogP contribution in [0.5, 0.6) is 0 Å². The highest BCUT2D eigenvalue weighted by Crippen LogP contribution is 2.34. The quantitative estimate of drug-likeness (QED) is 0.776. The number of nitrogens with one attached hydrogen (secondary N) is 1. The van der Waals surface area contributed by atoms with Crippen molar-refractivity contribution in [2.24, 2.45) is 0 Å². The van der Waals surface area contributed by atoms with Crippen molar-refractivity contribution in [3.8, 4) is 0 Å². The highest BCUT2D eigenvalue weighted by Gasteiger charge is 2.40. The minimum absolute atomic E-state index is 0.342. The average Bonchev–Trinajstić information content (AvgIpc) is 2.29. The monoisotopic (exact) mass is 224 g/mol. The SMILES string of the molecule is CNC1CCCN(C2CCCCC2)C1(C)C. The molecule has 2 fully saturated rings. The summed E-state index contributed by atoms with van der Waals surface area (Å²) in [4.78, 5) is 2.80. The molecule has 1 heterocycles. The third kappa shape index (κ3) is 2.28. The minimum atomic E-state index is 0.342. The van der Waals surface area contributed by atoms with Crippen molar-refractivity contribution in [2.75, 3.05) is 13.6 Å². The number of piperidine rings is 1. The lowest BCUT2D eigenvalue weighted by Gasteiger charge is -2.52. The van der Waals surface area contributed by atoms with Crippen LogP contribution in [0.25, 0.3) is 0 Å². The fraction of sp³-hybridized carbons (Fsp3) is 1.00. The maximum Gasteiger partial charge on any atom is 0.0309 e. The van der Waals surface area contributed by atoms with Crippen molar-refractivity contribution in [3.05, 3.63) is 0 Å². The Bertz CT molecular complexity index is 219. The topological polar surface area (TPSA) is 15.3 Å². The van der Waals surface area contributed by atoms with E-state index in [1.54, 1.807) is 0 Å². The van der Waals surface area contributed by atoms with Gasteiger partial charge in [0.1, 0.15) is 0 Å². The van der Waals surface area contributed by atoms with E-state index in [0.29, 0.717) is 11.6 Å². The third-order valence-electron chi connectivity index (χ3n) is 4.85. The van der Waals surface area contributed by atoms with Crippen LogP contribution in [0.15, 0.2) is 0 Å². The zero-order valence-corrected chi connectivity index (χ0v) is 11.3. The predicted molar refractivity (Wildman–Crippen MR) is 69.7 cm³/mol. The number of rotatable bonds is 2. The van der Waals surface area contributed by atoms with E-state index in [4.69, 9.17) is 0 Å². The van der Waals surface area contributed by atoms with Gasteiger partial charge in [-0.05, 0) is 53.1 Å². The molecule has 1 saturated heterocycles. The summed E-state index contributed by atoms with van der Waals surface area (Å²) in [6, 6.07) is 1.53. The maximum absolute atomic E-state index is 3.52. The molecule has 1 unspecified atom stereocenters. The van der Waals surface area contributed by atoms with Crippen LogP contribution in [-0.2, 0) is 0 Å². The Morgan fingerprint density at radius 1 is 1.00 bits per heavy atom. The van der Waals surface area contributed by atoms with Crippen molar-refractivity contribution in [3.63, 3.8) is 0 Å². The van der Waals surface area contributed by atoms with Gasteiger partial charge in [0, 0.05) is 17.6 Å². The Morgan fingerprint density at radius 3 is 2.31 bits per heavy atom. The molecular weight excluding hydrogens is 196 g/mol. The Balaban J connectivity index is 2.06. The molecule has 0 spiro atoms. The molecule has 94 valence electrons. The van der Waals surface area contributed by atoms with Crippen LogP contribution < -0.4 is 5.32 Å². The first-order chi connectivity index (χ1) is 7.66. The van der Waals surface area contributed by atoms with Gasteiger partial charge in [-0.25, -0.2) is 0 Å². The van der Waals surface area contributed by atoms with Crippen molar-refractivity contribution >= 4 is 0 Å². The zero-order valence-electron chi connectivity index (χ0n) is 11.3. The fourth-order valence-corrected chi connectivity index (χ4v) is 3.85. The summed E-state index contributed by atoms with van der Waals surface area (Å²) < 4.78 is 0. The Labute approximate surface area is 101 Å². The van der Waals surface area contributed by atoms with Crippen LogP contribution in [0.4, 0.5) is 0 Å². The summed E-state index contributed by atoms with van der Waals surface area (Å²) in [5, 5.41) is 3.52. The molecule has 1 atom stereocenters. The van der Waals surface area contributed by atoms with Crippen LogP contribution in [0.3, 0.4) is 0 Å². The Morgan fingerprint density at radius 2 is 1.69 bits per heavy atom. The van der Waals surface area contributed by atoms with Gasteiger partial charge in [0.15, 0.2) is 0 Å². The van der Waals surface area contributed by atoms with E-state index >= 15 is 0 Å². The zero-order chi connectivity index (χ0) is 11.6. The molecule has 0 aromatic heterocycles. The predicted octanol–water partition coefficient (Wildman–Crippen LogP) is 2.78. The van der Waals surface area contributed by atoms with E-state index in [2.05, 4.69) is 31.1 Å². The molecule has 2 heteroatoms. The lowest BCUT2D eigenvalue weighted by molar-refractivity contribution is -0.00448. The summed E-state index contributed by atoms with van der Waals surface area (Å²) in [6.07, 6.45) is 9.92. The number of nitrogens with zero attached hydrogens (tertiary/aromatic N) is 1. The summed E-state index contributed by atoms with van der Waals surface area (Å²) >= 11 is 0. The molecule has 1 aliphatic carbocycles. The van der Waals surface area contributed by atoms with Crippen molar-refractivity contribution in [2.45, 2.75) is 76.4 Å². The van der Waals surface area contributed by atoms with Gasteiger partial charge in [-0.2, -0.15) is 0 Å². The molecule has 1 N–H and O–H groups in total. The van der Waals surface area contributed by atoms with Crippen LogP contribution in [0.2, 0.25) is 0 Å². The van der Waals surface area contributed by atoms with E-state index in [1.807, 2.05) is 0 Å². The smallest absolute Gasteiger partial charge is 0.0309 e. The average molecular weight is 224 g/mol. The standard InChI is InChI=1S/C14H28N2/c1-14(2)13(15-3)10-7-11-16(14)12-8-5-4-6-9-12/h12-13,15H,4-11H2,1-3H3. The molecule has 0 radical (unpaired) electrons. The van der Waals surface area contributed by atoms with Crippen LogP contribution in [0.1, 0.15) is 58.8 Å². The molecule has 1 saturated carbocycles. The molecule has 2 nitrogen and oxygen atoms in total. The molecule has 0 aromatic rings. The molecule has 0 bridgehead atoms.